The number of anilines is 2. The molecule has 4 nitrogen and oxygen atoms in total. The van der Waals surface area contributed by atoms with Crippen molar-refractivity contribution < 1.29 is 14.3 Å². The fraction of sp³-hybridized carbons (Fsp3) is 0.167. The molecule has 19 heavy (non-hydrogen) atoms. The molecule has 0 radical (unpaired) electrons. The highest BCUT2D eigenvalue weighted by molar-refractivity contribution is 7.18. The van der Waals surface area contributed by atoms with Gasteiger partial charge in [0.2, 0.25) is 0 Å². The number of aromatic carboxylic acids is 1. The number of carboxylic acid groups (broad SMARTS) is 1. The molecule has 0 amide bonds. The van der Waals surface area contributed by atoms with E-state index in [0.29, 0.717) is 17.4 Å². The lowest BCUT2D eigenvalue weighted by Gasteiger charge is -2.20. The molecule has 100 valence electrons. The van der Waals surface area contributed by atoms with Crippen molar-refractivity contribution in [1.29, 1.82) is 0 Å². The van der Waals surface area contributed by atoms with Crippen molar-refractivity contribution in [1.82, 2.24) is 4.98 Å². The summed E-state index contributed by atoms with van der Waals surface area (Å²) in [6.45, 7) is 2.27. The van der Waals surface area contributed by atoms with E-state index in [4.69, 9.17) is 16.7 Å². The van der Waals surface area contributed by atoms with Gasteiger partial charge in [0.1, 0.15) is 5.82 Å². The Kier molecular flexibility index (Phi) is 4.01. The number of carbonyl (C=O) groups is 1. The molecule has 0 fully saturated rings. The Bertz CT molecular complexity index is 618. The van der Waals surface area contributed by atoms with E-state index in [1.54, 1.807) is 23.1 Å². The minimum absolute atomic E-state index is 0.0496. The number of rotatable bonds is 4. The van der Waals surface area contributed by atoms with E-state index in [9.17, 15) is 9.18 Å². The molecule has 0 aliphatic carbocycles. The van der Waals surface area contributed by atoms with Crippen LogP contribution in [0.2, 0.25) is 5.15 Å². The maximum absolute atomic E-state index is 13.8. The van der Waals surface area contributed by atoms with Crippen molar-refractivity contribution in [3.63, 3.8) is 0 Å². The molecule has 2 aromatic rings. The summed E-state index contributed by atoms with van der Waals surface area (Å²) in [5.41, 5.74) is 0.340. The average molecular weight is 301 g/mol. The van der Waals surface area contributed by atoms with Gasteiger partial charge in [0.05, 0.1) is 5.69 Å². The molecule has 0 saturated carbocycles. The quantitative estimate of drug-likeness (QED) is 0.933. The van der Waals surface area contributed by atoms with Crippen LogP contribution < -0.4 is 4.90 Å². The summed E-state index contributed by atoms with van der Waals surface area (Å²) in [5.74, 6) is -1.54. The summed E-state index contributed by atoms with van der Waals surface area (Å²) in [5, 5.41) is 9.23. The van der Waals surface area contributed by atoms with Gasteiger partial charge in [-0.1, -0.05) is 35.1 Å². The van der Waals surface area contributed by atoms with Gasteiger partial charge in [-0.15, -0.1) is 0 Å². The number of thiazole rings is 1. The van der Waals surface area contributed by atoms with Gasteiger partial charge < -0.3 is 10.0 Å². The van der Waals surface area contributed by atoms with Crippen LogP contribution in [0.25, 0.3) is 0 Å². The number of carboxylic acids is 1. The molecule has 2 rings (SSSR count). The lowest BCUT2D eigenvalue weighted by atomic mass is 10.3. The predicted molar refractivity (Wildman–Crippen MR) is 73.2 cm³/mol. The molecule has 1 aromatic heterocycles. The van der Waals surface area contributed by atoms with Crippen molar-refractivity contribution in [2.75, 3.05) is 11.4 Å². The maximum Gasteiger partial charge on any atom is 0.349 e. The van der Waals surface area contributed by atoms with Gasteiger partial charge in [0.15, 0.2) is 15.2 Å². The molecule has 0 spiro atoms. The molecule has 1 heterocycles. The number of hydrogen-bond donors (Lipinski definition) is 1. The first kappa shape index (κ1) is 13.8. The van der Waals surface area contributed by atoms with E-state index in [-0.39, 0.29) is 10.0 Å². The fourth-order valence-corrected chi connectivity index (χ4v) is 2.82. The second-order valence-electron chi connectivity index (χ2n) is 3.62. The van der Waals surface area contributed by atoms with E-state index in [2.05, 4.69) is 4.98 Å². The third kappa shape index (κ3) is 2.69. The topological polar surface area (TPSA) is 53.4 Å². The highest BCUT2D eigenvalue weighted by Crippen LogP contribution is 2.34. The number of hydrogen-bond acceptors (Lipinski definition) is 4. The Balaban J connectivity index is 2.46. The zero-order valence-corrected chi connectivity index (χ0v) is 11.5. The summed E-state index contributed by atoms with van der Waals surface area (Å²) in [4.78, 5) is 16.5. The second kappa shape index (κ2) is 5.54. The van der Waals surface area contributed by atoms with Crippen LogP contribution in [0.15, 0.2) is 24.3 Å². The molecule has 0 unspecified atom stereocenters. The molecule has 0 bridgehead atoms. The first-order valence-electron chi connectivity index (χ1n) is 5.46. The number of halogens is 2. The zero-order chi connectivity index (χ0) is 14.0. The van der Waals surface area contributed by atoms with Gasteiger partial charge in [-0.25, -0.2) is 14.2 Å². The zero-order valence-electron chi connectivity index (χ0n) is 9.93. The molecular formula is C12H10ClFN2O2S. The van der Waals surface area contributed by atoms with Gasteiger partial charge in [-0.3, -0.25) is 0 Å². The van der Waals surface area contributed by atoms with E-state index in [1.165, 1.54) is 6.07 Å². The van der Waals surface area contributed by atoms with Crippen LogP contribution in [-0.2, 0) is 0 Å². The van der Waals surface area contributed by atoms with E-state index in [1.807, 2.05) is 6.92 Å². The number of benzene rings is 1. The highest BCUT2D eigenvalue weighted by atomic mass is 35.5. The lowest BCUT2D eigenvalue weighted by molar-refractivity contribution is 0.0702. The minimum Gasteiger partial charge on any atom is -0.477 e. The molecule has 0 aliphatic rings. The summed E-state index contributed by atoms with van der Waals surface area (Å²) >= 11 is 6.69. The molecule has 1 N–H and O–H groups in total. The number of nitrogens with zero attached hydrogens (tertiary/aromatic N) is 2. The van der Waals surface area contributed by atoms with Crippen molar-refractivity contribution in [3.05, 3.63) is 40.1 Å². The molecule has 0 saturated heterocycles. The standard InChI is InChI=1S/C12H10ClFN2O2S/c1-2-16(8-6-4-3-5-7(8)14)12-15-10(13)9(19-12)11(17)18/h3-6H,2H2,1H3,(H,17,18). The van der Waals surface area contributed by atoms with E-state index in [0.717, 1.165) is 11.3 Å². The highest BCUT2D eigenvalue weighted by Gasteiger charge is 2.21. The van der Waals surface area contributed by atoms with Crippen LogP contribution >= 0.6 is 22.9 Å². The number of para-hydroxylation sites is 1. The molecule has 0 aliphatic heterocycles. The average Bonchev–Trinajstić information content (AvgIpc) is 2.75. The molecule has 1 aromatic carbocycles. The molecular weight excluding hydrogens is 291 g/mol. The SMILES string of the molecule is CCN(c1nc(Cl)c(C(=O)O)s1)c1ccccc1F. The fourth-order valence-electron chi connectivity index (χ4n) is 1.62. The van der Waals surface area contributed by atoms with Crippen LogP contribution in [0.4, 0.5) is 15.2 Å². The normalized spacial score (nSPS) is 10.5. The Labute approximate surface area is 118 Å². The predicted octanol–water partition coefficient (Wildman–Crippen LogP) is 3.79. The Morgan fingerprint density at radius 3 is 2.74 bits per heavy atom. The van der Waals surface area contributed by atoms with E-state index >= 15 is 0 Å². The first-order chi connectivity index (χ1) is 9.04. The van der Waals surface area contributed by atoms with Crippen LogP contribution in [0.5, 0.6) is 0 Å². The van der Waals surface area contributed by atoms with Crippen molar-refractivity contribution in [2.45, 2.75) is 6.92 Å². The van der Waals surface area contributed by atoms with Gasteiger partial charge in [-0.05, 0) is 19.1 Å². The van der Waals surface area contributed by atoms with Crippen molar-refractivity contribution in [2.24, 2.45) is 0 Å². The summed E-state index contributed by atoms with van der Waals surface area (Å²) in [7, 11) is 0. The lowest BCUT2D eigenvalue weighted by Crippen LogP contribution is -2.17. The monoisotopic (exact) mass is 300 g/mol. The van der Waals surface area contributed by atoms with Gasteiger partial charge in [-0.2, -0.15) is 0 Å². The van der Waals surface area contributed by atoms with Crippen LogP contribution in [0.3, 0.4) is 0 Å². The number of aromatic nitrogens is 1. The Hall–Kier alpha value is -1.66. The molecule has 7 heteroatoms. The largest absolute Gasteiger partial charge is 0.477 e. The minimum atomic E-state index is -1.14. The third-order valence-electron chi connectivity index (χ3n) is 2.46. The van der Waals surface area contributed by atoms with E-state index < -0.39 is 11.8 Å². The van der Waals surface area contributed by atoms with Crippen LogP contribution in [-0.4, -0.2) is 22.6 Å². The first-order valence-corrected chi connectivity index (χ1v) is 6.65. The second-order valence-corrected chi connectivity index (χ2v) is 4.95. The van der Waals surface area contributed by atoms with Crippen LogP contribution in [0.1, 0.15) is 16.6 Å². The maximum atomic E-state index is 13.8. The van der Waals surface area contributed by atoms with Crippen molar-refractivity contribution in [3.8, 4) is 0 Å². The third-order valence-corrected chi connectivity index (χ3v) is 3.91. The molecule has 0 atom stereocenters. The Morgan fingerprint density at radius 2 is 2.21 bits per heavy atom. The van der Waals surface area contributed by atoms with Crippen molar-refractivity contribution >= 4 is 39.7 Å². The van der Waals surface area contributed by atoms with Gasteiger partial charge >= 0.3 is 5.97 Å². The van der Waals surface area contributed by atoms with Gasteiger partial charge in [0.25, 0.3) is 0 Å². The summed E-state index contributed by atoms with van der Waals surface area (Å²) < 4.78 is 13.8. The van der Waals surface area contributed by atoms with Crippen LogP contribution in [0, 0.1) is 5.82 Å². The summed E-state index contributed by atoms with van der Waals surface area (Å²) in [6.07, 6.45) is 0. The van der Waals surface area contributed by atoms with Gasteiger partial charge in [0, 0.05) is 6.54 Å². The summed E-state index contributed by atoms with van der Waals surface area (Å²) in [6, 6.07) is 6.23. The Morgan fingerprint density at radius 1 is 1.53 bits per heavy atom. The smallest absolute Gasteiger partial charge is 0.349 e.